The van der Waals surface area contributed by atoms with Crippen LogP contribution in [0.25, 0.3) is 0 Å². The molecular weight excluding hydrogens is 256 g/mol. The first-order valence-electron chi connectivity index (χ1n) is 5.83. The van der Waals surface area contributed by atoms with Gasteiger partial charge in [-0.25, -0.2) is 0 Å². The predicted octanol–water partition coefficient (Wildman–Crippen LogP) is 1.21. The number of rotatable bonds is 4. The van der Waals surface area contributed by atoms with Gasteiger partial charge < -0.3 is 22.5 Å². The van der Waals surface area contributed by atoms with E-state index in [0.29, 0.717) is 28.2 Å². The standard InChI is InChI=1S/C14H14N4O2/c15-11-5-4-9(14(17)20)7-12(11)18-10-3-1-2-8(6-10)13(16)19/h1-7,18H,15H2,(H2,16,19)(H2,17,20). The number of anilines is 3. The average Bonchev–Trinajstić information content (AvgIpc) is 2.41. The second-order valence-corrected chi connectivity index (χ2v) is 4.24. The Morgan fingerprint density at radius 1 is 0.900 bits per heavy atom. The Hall–Kier alpha value is -3.02. The second-order valence-electron chi connectivity index (χ2n) is 4.24. The van der Waals surface area contributed by atoms with Crippen LogP contribution in [0, 0.1) is 0 Å². The summed E-state index contributed by atoms with van der Waals surface area (Å²) in [7, 11) is 0. The van der Waals surface area contributed by atoms with Crippen LogP contribution in [0.2, 0.25) is 0 Å². The Morgan fingerprint density at radius 2 is 1.55 bits per heavy atom. The van der Waals surface area contributed by atoms with E-state index >= 15 is 0 Å². The Labute approximate surface area is 115 Å². The number of nitrogens with two attached hydrogens (primary N) is 3. The molecule has 2 rings (SSSR count). The van der Waals surface area contributed by atoms with Crippen LogP contribution in [0.3, 0.4) is 0 Å². The molecule has 0 bridgehead atoms. The lowest BCUT2D eigenvalue weighted by molar-refractivity contribution is 0.0992. The molecule has 2 amide bonds. The van der Waals surface area contributed by atoms with Crippen LogP contribution in [0.5, 0.6) is 0 Å². The number of hydrogen-bond acceptors (Lipinski definition) is 4. The van der Waals surface area contributed by atoms with Gasteiger partial charge in [-0.15, -0.1) is 0 Å². The van der Waals surface area contributed by atoms with Crippen LogP contribution in [0.4, 0.5) is 17.1 Å². The molecule has 0 saturated carbocycles. The lowest BCUT2D eigenvalue weighted by Crippen LogP contribution is -2.12. The van der Waals surface area contributed by atoms with E-state index in [2.05, 4.69) is 5.32 Å². The molecule has 0 saturated heterocycles. The Balaban J connectivity index is 2.34. The van der Waals surface area contributed by atoms with Gasteiger partial charge in [-0.1, -0.05) is 6.07 Å². The van der Waals surface area contributed by atoms with Gasteiger partial charge in [0.25, 0.3) is 0 Å². The topological polar surface area (TPSA) is 124 Å². The second kappa shape index (κ2) is 5.31. The number of primary amides is 2. The minimum Gasteiger partial charge on any atom is -0.397 e. The van der Waals surface area contributed by atoms with Crippen molar-refractivity contribution in [1.29, 1.82) is 0 Å². The van der Waals surface area contributed by atoms with Crippen LogP contribution in [0.15, 0.2) is 42.5 Å². The molecule has 6 heteroatoms. The van der Waals surface area contributed by atoms with E-state index in [1.807, 2.05) is 0 Å². The molecule has 2 aromatic carbocycles. The minimum atomic E-state index is -0.543. The van der Waals surface area contributed by atoms with Crippen molar-refractivity contribution in [3.8, 4) is 0 Å². The highest BCUT2D eigenvalue weighted by Gasteiger charge is 2.07. The van der Waals surface area contributed by atoms with E-state index in [0.717, 1.165) is 0 Å². The Bertz CT molecular complexity index is 683. The fourth-order valence-corrected chi connectivity index (χ4v) is 1.72. The molecule has 0 aliphatic heterocycles. The van der Waals surface area contributed by atoms with Crippen molar-refractivity contribution >= 4 is 28.9 Å². The largest absolute Gasteiger partial charge is 0.397 e. The van der Waals surface area contributed by atoms with E-state index in [-0.39, 0.29) is 0 Å². The number of amides is 2. The van der Waals surface area contributed by atoms with Gasteiger partial charge in [0.2, 0.25) is 11.8 Å². The predicted molar refractivity (Wildman–Crippen MR) is 77.6 cm³/mol. The van der Waals surface area contributed by atoms with Crippen LogP contribution >= 0.6 is 0 Å². The van der Waals surface area contributed by atoms with Crippen molar-refractivity contribution in [3.63, 3.8) is 0 Å². The zero-order chi connectivity index (χ0) is 14.7. The first kappa shape index (κ1) is 13.4. The first-order valence-corrected chi connectivity index (χ1v) is 5.83. The summed E-state index contributed by atoms with van der Waals surface area (Å²) < 4.78 is 0. The van der Waals surface area contributed by atoms with Gasteiger partial charge in [-0.3, -0.25) is 9.59 Å². The summed E-state index contributed by atoms with van der Waals surface area (Å²) >= 11 is 0. The summed E-state index contributed by atoms with van der Waals surface area (Å²) in [5, 5.41) is 3.02. The normalized spacial score (nSPS) is 10.0. The summed E-state index contributed by atoms with van der Waals surface area (Å²) in [6.45, 7) is 0. The van der Waals surface area contributed by atoms with Crippen molar-refractivity contribution in [1.82, 2.24) is 0 Å². The highest BCUT2D eigenvalue weighted by molar-refractivity contribution is 5.96. The summed E-state index contributed by atoms with van der Waals surface area (Å²) in [4.78, 5) is 22.3. The Morgan fingerprint density at radius 3 is 2.20 bits per heavy atom. The maximum Gasteiger partial charge on any atom is 0.248 e. The van der Waals surface area contributed by atoms with Gasteiger partial charge in [0.15, 0.2) is 0 Å². The average molecular weight is 270 g/mol. The zero-order valence-electron chi connectivity index (χ0n) is 10.6. The van der Waals surface area contributed by atoms with E-state index in [4.69, 9.17) is 17.2 Å². The minimum absolute atomic E-state index is 0.341. The number of nitrogen functional groups attached to an aromatic ring is 1. The number of nitrogens with one attached hydrogen (secondary N) is 1. The molecule has 20 heavy (non-hydrogen) atoms. The van der Waals surface area contributed by atoms with Crippen molar-refractivity contribution in [2.24, 2.45) is 11.5 Å². The molecule has 0 heterocycles. The fraction of sp³-hybridized carbons (Fsp3) is 0. The smallest absolute Gasteiger partial charge is 0.248 e. The number of carbonyl (C=O) groups is 2. The first-order chi connectivity index (χ1) is 9.47. The number of carbonyl (C=O) groups excluding carboxylic acids is 2. The molecule has 0 aliphatic carbocycles. The zero-order valence-corrected chi connectivity index (χ0v) is 10.6. The third-order valence-corrected chi connectivity index (χ3v) is 2.76. The van der Waals surface area contributed by atoms with Gasteiger partial charge in [0.1, 0.15) is 0 Å². The summed E-state index contributed by atoms with van der Waals surface area (Å²) in [5.41, 5.74) is 18.6. The maximum atomic E-state index is 11.2. The molecule has 0 aromatic heterocycles. The van der Waals surface area contributed by atoms with Crippen LogP contribution in [0.1, 0.15) is 20.7 Å². The quantitative estimate of drug-likeness (QED) is 0.623. The Kier molecular flexibility index (Phi) is 3.56. The highest BCUT2D eigenvalue weighted by Crippen LogP contribution is 2.24. The third kappa shape index (κ3) is 2.86. The van der Waals surface area contributed by atoms with Crippen molar-refractivity contribution in [2.75, 3.05) is 11.1 Å². The van der Waals surface area contributed by atoms with Gasteiger partial charge in [-0.05, 0) is 36.4 Å². The third-order valence-electron chi connectivity index (χ3n) is 2.76. The van der Waals surface area contributed by atoms with Crippen molar-refractivity contribution in [2.45, 2.75) is 0 Å². The molecule has 0 atom stereocenters. The summed E-state index contributed by atoms with van der Waals surface area (Å²) in [5.74, 6) is -1.06. The van der Waals surface area contributed by atoms with Crippen LogP contribution in [-0.2, 0) is 0 Å². The molecule has 0 spiro atoms. The molecule has 0 fully saturated rings. The van der Waals surface area contributed by atoms with Gasteiger partial charge in [0, 0.05) is 16.8 Å². The van der Waals surface area contributed by atoms with E-state index in [9.17, 15) is 9.59 Å². The monoisotopic (exact) mass is 270 g/mol. The number of hydrogen-bond donors (Lipinski definition) is 4. The maximum absolute atomic E-state index is 11.2. The molecule has 102 valence electrons. The molecule has 0 unspecified atom stereocenters. The van der Waals surface area contributed by atoms with Crippen LogP contribution in [-0.4, -0.2) is 11.8 Å². The van der Waals surface area contributed by atoms with E-state index in [1.54, 1.807) is 42.5 Å². The van der Waals surface area contributed by atoms with Crippen molar-refractivity contribution < 1.29 is 9.59 Å². The lowest BCUT2D eigenvalue weighted by atomic mass is 10.1. The lowest BCUT2D eigenvalue weighted by Gasteiger charge is -2.11. The van der Waals surface area contributed by atoms with Gasteiger partial charge in [-0.2, -0.15) is 0 Å². The molecule has 6 nitrogen and oxygen atoms in total. The molecule has 0 radical (unpaired) electrons. The van der Waals surface area contributed by atoms with Crippen molar-refractivity contribution in [3.05, 3.63) is 53.6 Å². The van der Waals surface area contributed by atoms with Gasteiger partial charge in [0.05, 0.1) is 11.4 Å². The molecule has 7 N–H and O–H groups in total. The van der Waals surface area contributed by atoms with E-state index < -0.39 is 11.8 Å². The summed E-state index contributed by atoms with van der Waals surface area (Å²) in [6.07, 6.45) is 0. The molecular formula is C14H14N4O2. The summed E-state index contributed by atoms with van der Waals surface area (Å²) in [6, 6.07) is 11.3. The molecule has 0 aliphatic rings. The van der Waals surface area contributed by atoms with E-state index in [1.165, 1.54) is 0 Å². The number of benzene rings is 2. The fourth-order valence-electron chi connectivity index (χ4n) is 1.72. The highest BCUT2D eigenvalue weighted by atomic mass is 16.1. The molecule has 2 aromatic rings. The van der Waals surface area contributed by atoms with Crippen LogP contribution < -0.4 is 22.5 Å². The van der Waals surface area contributed by atoms with Gasteiger partial charge >= 0.3 is 0 Å². The SMILES string of the molecule is NC(=O)c1cccc(Nc2cc(C(N)=O)ccc2N)c1.